The molecule has 2 rings (SSSR count). The van der Waals surface area contributed by atoms with Gasteiger partial charge in [-0.1, -0.05) is 12.1 Å². The van der Waals surface area contributed by atoms with Crippen LogP contribution in [-0.4, -0.2) is 46.3 Å². The minimum absolute atomic E-state index is 0.142. The van der Waals surface area contributed by atoms with Gasteiger partial charge in [0.1, 0.15) is 0 Å². The van der Waals surface area contributed by atoms with Crippen molar-refractivity contribution in [1.29, 1.82) is 0 Å². The number of urea groups is 1. The van der Waals surface area contributed by atoms with Crippen LogP contribution in [0.1, 0.15) is 43.6 Å². The molecule has 0 saturated carbocycles. The predicted molar refractivity (Wildman–Crippen MR) is 86.5 cm³/mol. The molecule has 0 spiro atoms. The van der Waals surface area contributed by atoms with E-state index in [9.17, 15) is 9.59 Å². The number of morpholine rings is 1. The van der Waals surface area contributed by atoms with Gasteiger partial charge in [0.2, 0.25) is 0 Å². The third-order valence-corrected chi connectivity index (χ3v) is 3.63. The molecule has 1 heterocycles. The number of rotatable bonds is 3. The lowest BCUT2D eigenvalue weighted by Crippen LogP contribution is -2.60. The molecule has 0 radical (unpaired) electrons. The molecular formula is C17H24N2O4. The van der Waals surface area contributed by atoms with Crippen molar-refractivity contribution < 1.29 is 19.4 Å². The summed E-state index contributed by atoms with van der Waals surface area (Å²) in [7, 11) is 0. The van der Waals surface area contributed by atoms with Crippen LogP contribution in [0.2, 0.25) is 0 Å². The van der Waals surface area contributed by atoms with Crippen LogP contribution in [0.15, 0.2) is 24.3 Å². The minimum atomic E-state index is -0.960. The summed E-state index contributed by atoms with van der Waals surface area (Å²) in [6.45, 7) is 9.30. The van der Waals surface area contributed by atoms with E-state index in [1.165, 1.54) is 12.1 Å². The van der Waals surface area contributed by atoms with Crippen molar-refractivity contribution in [3.63, 3.8) is 0 Å². The van der Waals surface area contributed by atoms with Gasteiger partial charge < -0.3 is 20.1 Å². The Bertz CT molecular complexity index is 577. The lowest BCUT2D eigenvalue weighted by atomic mass is 9.99. The fourth-order valence-electron chi connectivity index (χ4n) is 2.99. The first-order chi connectivity index (χ1) is 10.6. The van der Waals surface area contributed by atoms with E-state index in [1.807, 2.05) is 27.7 Å². The molecule has 1 aromatic carbocycles. The Morgan fingerprint density at radius 2 is 1.65 bits per heavy atom. The second-order valence-electron chi connectivity index (χ2n) is 7.14. The van der Waals surface area contributed by atoms with Crippen LogP contribution in [0.3, 0.4) is 0 Å². The van der Waals surface area contributed by atoms with Gasteiger partial charge in [0, 0.05) is 6.54 Å². The number of carboxylic acids is 1. The van der Waals surface area contributed by atoms with E-state index in [1.54, 1.807) is 17.0 Å². The SMILES string of the molecule is CC1(C)CN(C(=O)NCc2ccc(C(=O)O)cc2)CC(C)(C)O1. The zero-order valence-corrected chi connectivity index (χ0v) is 14.0. The van der Waals surface area contributed by atoms with Crippen LogP contribution >= 0.6 is 0 Å². The summed E-state index contributed by atoms with van der Waals surface area (Å²) in [6, 6.07) is 6.33. The van der Waals surface area contributed by atoms with E-state index in [2.05, 4.69) is 5.32 Å². The average Bonchev–Trinajstić information content (AvgIpc) is 2.41. The number of aromatic carboxylic acids is 1. The van der Waals surface area contributed by atoms with Crippen molar-refractivity contribution >= 4 is 12.0 Å². The molecule has 23 heavy (non-hydrogen) atoms. The van der Waals surface area contributed by atoms with Crippen LogP contribution in [0.4, 0.5) is 4.79 Å². The van der Waals surface area contributed by atoms with E-state index in [0.29, 0.717) is 19.6 Å². The number of amides is 2. The Balaban J connectivity index is 1.95. The highest BCUT2D eigenvalue weighted by Gasteiger charge is 2.39. The van der Waals surface area contributed by atoms with Crippen molar-refractivity contribution in [1.82, 2.24) is 10.2 Å². The Hall–Kier alpha value is -2.08. The molecular weight excluding hydrogens is 296 g/mol. The number of nitrogens with zero attached hydrogens (tertiary/aromatic N) is 1. The number of ether oxygens (including phenoxy) is 1. The van der Waals surface area contributed by atoms with Gasteiger partial charge in [-0.05, 0) is 45.4 Å². The Labute approximate surface area is 136 Å². The summed E-state index contributed by atoms with van der Waals surface area (Å²) >= 11 is 0. The molecule has 1 aromatic rings. The molecule has 1 aliphatic rings. The number of carbonyl (C=O) groups excluding carboxylic acids is 1. The van der Waals surface area contributed by atoms with Crippen molar-refractivity contribution in [2.75, 3.05) is 13.1 Å². The third kappa shape index (κ3) is 4.69. The van der Waals surface area contributed by atoms with Crippen molar-refractivity contribution in [2.45, 2.75) is 45.4 Å². The van der Waals surface area contributed by atoms with Crippen molar-refractivity contribution in [3.05, 3.63) is 35.4 Å². The number of nitrogens with one attached hydrogen (secondary N) is 1. The summed E-state index contributed by atoms with van der Waals surface area (Å²) in [4.78, 5) is 25.0. The van der Waals surface area contributed by atoms with E-state index in [0.717, 1.165) is 5.56 Å². The zero-order valence-electron chi connectivity index (χ0n) is 14.0. The lowest BCUT2D eigenvalue weighted by molar-refractivity contribution is -0.170. The first-order valence-electron chi connectivity index (χ1n) is 7.63. The molecule has 0 unspecified atom stereocenters. The first kappa shape index (κ1) is 17.3. The smallest absolute Gasteiger partial charge is 0.335 e. The largest absolute Gasteiger partial charge is 0.478 e. The van der Waals surface area contributed by atoms with Crippen LogP contribution in [0.25, 0.3) is 0 Å². The number of carbonyl (C=O) groups is 2. The topological polar surface area (TPSA) is 78.9 Å². The van der Waals surface area contributed by atoms with E-state index >= 15 is 0 Å². The van der Waals surface area contributed by atoms with Crippen LogP contribution in [0.5, 0.6) is 0 Å². The van der Waals surface area contributed by atoms with E-state index in [-0.39, 0.29) is 22.8 Å². The molecule has 2 N–H and O–H groups in total. The molecule has 6 heteroatoms. The fraction of sp³-hybridized carbons (Fsp3) is 0.529. The van der Waals surface area contributed by atoms with Crippen LogP contribution in [-0.2, 0) is 11.3 Å². The minimum Gasteiger partial charge on any atom is -0.478 e. The summed E-state index contributed by atoms with van der Waals surface area (Å²) < 4.78 is 5.96. The Kier molecular flexibility index (Phi) is 4.66. The van der Waals surface area contributed by atoms with Crippen LogP contribution in [0, 0.1) is 0 Å². The van der Waals surface area contributed by atoms with Crippen molar-refractivity contribution in [3.8, 4) is 0 Å². The van der Waals surface area contributed by atoms with Gasteiger partial charge in [-0.15, -0.1) is 0 Å². The average molecular weight is 320 g/mol. The molecule has 1 saturated heterocycles. The Morgan fingerprint density at radius 3 is 2.13 bits per heavy atom. The van der Waals surface area contributed by atoms with Crippen molar-refractivity contribution in [2.24, 2.45) is 0 Å². The molecule has 0 aliphatic carbocycles. The standard InChI is InChI=1S/C17H24N2O4/c1-16(2)10-19(11-17(3,4)23-16)15(22)18-9-12-5-7-13(8-6-12)14(20)21/h5-8H,9-11H2,1-4H3,(H,18,22)(H,20,21). The lowest BCUT2D eigenvalue weighted by Gasteiger charge is -2.47. The van der Waals surface area contributed by atoms with E-state index < -0.39 is 5.97 Å². The highest BCUT2D eigenvalue weighted by Crippen LogP contribution is 2.27. The molecule has 1 fully saturated rings. The van der Waals surface area contributed by atoms with E-state index in [4.69, 9.17) is 9.84 Å². The summed E-state index contributed by atoms with van der Waals surface area (Å²) in [6.07, 6.45) is 0. The van der Waals surface area contributed by atoms with Gasteiger partial charge in [-0.2, -0.15) is 0 Å². The number of carboxylic acid groups (broad SMARTS) is 1. The summed E-state index contributed by atoms with van der Waals surface area (Å²) in [5.74, 6) is -0.960. The maximum absolute atomic E-state index is 12.4. The number of benzene rings is 1. The molecule has 0 bridgehead atoms. The third-order valence-electron chi connectivity index (χ3n) is 3.63. The molecule has 0 aromatic heterocycles. The quantitative estimate of drug-likeness (QED) is 0.897. The maximum Gasteiger partial charge on any atom is 0.335 e. The monoisotopic (exact) mass is 320 g/mol. The predicted octanol–water partition coefficient (Wildman–Crippen LogP) is 2.48. The Morgan fingerprint density at radius 1 is 1.13 bits per heavy atom. The second kappa shape index (κ2) is 6.20. The van der Waals surface area contributed by atoms with Gasteiger partial charge in [0.25, 0.3) is 0 Å². The van der Waals surface area contributed by atoms with Gasteiger partial charge >= 0.3 is 12.0 Å². The normalized spacial score (nSPS) is 19.2. The molecule has 6 nitrogen and oxygen atoms in total. The summed E-state index contributed by atoms with van der Waals surface area (Å²) in [5.41, 5.74) is 0.316. The maximum atomic E-state index is 12.4. The fourth-order valence-corrected chi connectivity index (χ4v) is 2.99. The van der Waals surface area contributed by atoms with Gasteiger partial charge in [0.15, 0.2) is 0 Å². The molecule has 1 aliphatic heterocycles. The zero-order chi connectivity index (χ0) is 17.3. The number of hydrogen-bond acceptors (Lipinski definition) is 3. The van der Waals surface area contributed by atoms with Gasteiger partial charge in [-0.25, -0.2) is 9.59 Å². The number of hydrogen-bond donors (Lipinski definition) is 2. The highest BCUT2D eigenvalue weighted by atomic mass is 16.5. The molecule has 0 atom stereocenters. The van der Waals surface area contributed by atoms with Gasteiger partial charge in [0.05, 0.1) is 29.9 Å². The second-order valence-corrected chi connectivity index (χ2v) is 7.14. The van der Waals surface area contributed by atoms with Gasteiger partial charge in [-0.3, -0.25) is 0 Å². The molecule has 2 amide bonds. The molecule has 126 valence electrons. The highest BCUT2D eigenvalue weighted by molar-refractivity contribution is 5.87. The summed E-state index contributed by atoms with van der Waals surface area (Å²) in [5, 5.41) is 11.8. The van der Waals surface area contributed by atoms with Crippen LogP contribution < -0.4 is 5.32 Å². The first-order valence-corrected chi connectivity index (χ1v) is 7.63.